The van der Waals surface area contributed by atoms with Crippen molar-refractivity contribution in [2.24, 2.45) is 5.14 Å². The summed E-state index contributed by atoms with van der Waals surface area (Å²) in [5, 5.41) is 21.3. The minimum Gasteiger partial charge on any atom is -0.490 e. The number of ether oxygens (including phenoxy) is 2. The van der Waals surface area contributed by atoms with Crippen molar-refractivity contribution in [2.75, 3.05) is 19.0 Å². The van der Waals surface area contributed by atoms with Crippen LogP contribution in [0.15, 0.2) is 47.4 Å². The normalized spacial score (nSPS) is 11.8. The number of hydrogen-bond acceptors (Lipinski definition) is 9. The monoisotopic (exact) mass is 522 g/mol. The van der Waals surface area contributed by atoms with E-state index in [0.717, 1.165) is 0 Å². The lowest BCUT2D eigenvalue weighted by molar-refractivity contribution is -0.385. The van der Waals surface area contributed by atoms with Crippen LogP contribution in [0, 0.1) is 10.1 Å². The maximum absolute atomic E-state index is 12.5. The molecule has 0 aromatic heterocycles. The number of sulfonamides is 1. The summed E-state index contributed by atoms with van der Waals surface area (Å²) in [6, 6.07) is 8.18. The quantitative estimate of drug-likeness (QED) is 0.209. The number of rotatable bonds is 12. The maximum Gasteiger partial charge on any atom is 0.328 e. The van der Waals surface area contributed by atoms with Crippen molar-refractivity contribution in [2.45, 2.75) is 37.1 Å². The molecule has 36 heavy (non-hydrogen) atoms. The van der Waals surface area contributed by atoms with Crippen LogP contribution in [0.25, 0.3) is 0 Å². The zero-order valence-electron chi connectivity index (χ0n) is 19.6. The lowest BCUT2D eigenvalue weighted by atomic mass is 10.0. The molecule has 0 aliphatic rings. The highest BCUT2D eigenvalue weighted by Crippen LogP contribution is 2.31. The second-order valence-corrected chi connectivity index (χ2v) is 8.98. The summed E-state index contributed by atoms with van der Waals surface area (Å²) in [7, 11) is -2.62. The molecule has 0 bridgehead atoms. The molecule has 0 heterocycles. The SMILES string of the molecule is CCOC(=O)[C@@H](Cc1cccc([N+](=O)[O-])c1OC)NC(=O)CCC(=O)Nc1ccc(S(N)(=O)=O)cc1. The summed E-state index contributed by atoms with van der Waals surface area (Å²) >= 11 is 0. The van der Waals surface area contributed by atoms with Crippen LogP contribution in [0.1, 0.15) is 25.3 Å². The Morgan fingerprint density at radius 2 is 1.72 bits per heavy atom. The first-order chi connectivity index (χ1) is 17.0. The van der Waals surface area contributed by atoms with Crippen LogP contribution in [0.5, 0.6) is 5.75 Å². The highest BCUT2D eigenvalue weighted by molar-refractivity contribution is 7.89. The predicted molar refractivity (Wildman–Crippen MR) is 128 cm³/mol. The third-order valence-electron chi connectivity index (χ3n) is 4.85. The molecule has 2 aromatic rings. The largest absolute Gasteiger partial charge is 0.490 e. The molecule has 2 amide bonds. The number of methoxy groups -OCH3 is 1. The van der Waals surface area contributed by atoms with Gasteiger partial charge < -0.3 is 20.1 Å². The lowest BCUT2D eigenvalue weighted by Gasteiger charge is -2.18. The number of hydrogen-bond donors (Lipinski definition) is 3. The van der Waals surface area contributed by atoms with Crippen LogP contribution in [0.2, 0.25) is 0 Å². The number of nitrogens with one attached hydrogen (secondary N) is 2. The third kappa shape index (κ3) is 8.02. The molecular formula is C22H26N4O9S. The molecule has 0 radical (unpaired) electrons. The van der Waals surface area contributed by atoms with E-state index in [0.29, 0.717) is 11.3 Å². The molecule has 14 heteroatoms. The zero-order valence-corrected chi connectivity index (χ0v) is 20.4. The van der Waals surface area contributed by atoms with Crippen molar-refractivity contribution >= 4 is 39.2 Å². The minimum absolute atomic E-state index is 0.0427. The summed E-state index contributed by atoms with van der Waals surface area (Å²) < 4.78 is 32.7. The molecule has 2 aromatic carbocycles. The van der Waals surface area contributed by atoms with Crippen molar-refractivity contribution in [1.29, 1.82) is 0 Å². The van der Waals surface area contributed by atoms with Crippen LogP contribution in [-0.4, -0.2) is 50.9 Å². The molecule has 0 aliphatic heterocycles. The number of nitrogens with two attached hydrogens (primary N) is 1. The van der Waals surface area contributed by atoms with Crippen molar-refractivity contribution in [1.82, 2.24) is 5.32 Å². The molecule has 194 valence electrons. The number of carbonyl (C=O) groups excluding carboxylic acids is 3. The Hall–Kier alpha value is -4.04. The van der Waals surface area contributed by atoms with Crippen molar-refractivity contribution in [3.05, 3.63) is 58.1 Å². The number of para-hydroxylation sites is 1. The smallest absolute Gasteiger partial charge is 0.328 e. The van der Waals surface area contributed by atoms with Crippen molar-refractivity contribution < 1.29 is 37.2 Å². The Morgan fingerprint density at radius 1 is 1.08 bits per heavy atom. The van der Waals surface area contributed by atoms with Gasteiger partial charge in [-0.1, -0.05) is 12.1 Å². The summed E-state index contributed by atoms with van der Waals surface area (Å²) in [6.45, 7) is 1.63. The molecule has 0 saturated heterocycles. The fourth-order valence-corrected chi connectivity index (χ4v) is 3.73. The lowest BCUT2D eigenvalue weighted by Crippen LogP contribution is -2.43. The first-order valence-corrected chi connectivity index (χ1v) is 12.2. The fourth-order valence-electron chi connectivity index (χ4n) is 3.21. The molecular weight excluding hydrogens is 496 g/mol. The second-order valence-electron chi connectivity index (χ2n) is 7.42. The number of anilines is 1. The summed E-state index contributed by atoms with van der Waals surface area (Å²) in [6.07, 6.45) is -0.653. The summed E-state index contributed by atoms with van der Waals surface area (Å²) in [5.74, 6) is -1.95. The molecule has 13 nitrogen and oxygen atoms in total. The fraction of sp³-hybridized carbons (Fsp3) is 0.318. The van der Waals surface area contributed by atoms with E-state index in [1.165, 1.54) is 49.6 Å². The molecule has 1 atom stereocenters. The summed E-state index contributed by atoms with van der Waals surface area (Å²) in [4.78, 5) is 47.6. The van der Waals surface area contributed by atoms with Crippen LogP contribution in [0.4, 0.5) is 11.4 Å². The van der Waals surface area contributed by atoms with Gasteiger partial charge in [-0.15, -0.1) is 0 Å². The van der Waals surface area contributed by atoms with Gasteiger partial charge in [-0.05, 0) is 31.2 Å². The van der Waals surface area contributed by atoms with E-state index >= 15 is 0 Å². The Kier molecular flexibility index (Phi) is 9.87. The van der Waals surface area contributed by atoms with Gasteiger partial charge in [0, 0.05) is 36.6 Å². The van der Waals surface area contributed by atoms with E-state index < -0.39 is 38.8 Å². The average Bonchev–Trinajstić information content (AvgIpc) is 2.82. The average molecular weight is 523 g/mol. The highest BCUT2D eigenvalue weighted by atomic mass is 32.2. The van der Waals surface area contributed by atoms with Crippen molar-refractivity contribution in [3.8, 4) is 5.75 Å². The molecule has 0 spiro atoms. The van der Waals surface area contributed by atoms with Crippen molar-refractivity contribution in [3.63, 3.8) is 0 Å². The zero-order chi connectivity index (χ0) is 26.9. The number of esters is 1. The molecule has 0 aliphatic carbocycles. The van der Waals surface area contributed by atoms with Gasteiger partial charge in [0.2, 0.25) is 21.8 Å². The number of nitro groups is 1. The van der Waals surface area contributed by atoms with Gasteiger partial charge in [0.05, 0.1) is 23.5 Å². The molecule has 0 fully saturated rings. The van der Waals surface area contributed by atoms with Gasteiger partial charge in [0.1, 0.15) is 6.04 Å². The minimum atomic E-state index is -3.87. The van der Waals surface area contributed by atoms with E-state index in [9.17, 15) is 32.9 Å². The number of carbonyl (C=O) groups is 3. The van der Waals surface area contributed by atoms with Gasteiger partial charge in [0.15, 0.2) is 5.75 Å². The van der Waals surface area contributed by atoms with E-state index in [1.807, 2.05) is 0 Å². The number of nitrogens with zero attached hydrogens (tertiary/aromatic N) is 1. The molecule has 2 rings (SSSR count). The van der Waals surface area contributed by atoms with Crippen LogP contribution >= 0.6 is 0 Å². The molecule has 0 saturated carbocycles. The van der Waals surface area contributed by atoms with Gasteiger partial charge in [-0.3, -0.25) is 19.7 Å². The Bertz CT molecular complexity index is 1230. The van der Waals surface area contributed by atoms with Crippen LogP contribution < -0.4 is 20.5 Å². The standard InChI is InChI=1S/C22H26N4O9S/c1-3-35-22(29)17(13-14-5-4-6-18(26(30)31)21(14)34-2)25-20(28)12-11-19(27)24-15-7-9-16(10-8-15)36(23,32)33/h4-10,17H,3,11-13H2,1-2H3,(H,24,27)(H,25,28)(H2,23,32,33)/t17-/m1/s1. The number of primary sulfonamides is 1. The first kappa shape index (κ1) is 28.2. The second kappa shape index (κ2) is 12.6. The maximum atomic E-state index is 12.5. The van der Waals surface area contributed by atoms with E-state index in [4.69, 9.17) is 14.6 Å². The summed E-state index contributed by atoms with van der Waals surface area (Å²) in [5.41, 5.74) is 0.318. The topological polar surface area (TPSA) is 197 Å². The van der Waals surface area contributed by atoms with Crippen LogP contribution in [0.3, 0.4) is 0 Å². The van der Waals surface area contributed by atoms with Crippen LogP contribution in [-0.2, 0) is 35.6 Å². The van der Waals surface area contributed by atoms with Gasteiger partial charge in [0.25, 0.3) is 0 Å². The number of nitro benzene ring substituents is 1. The molecule has 0 unspecified atom stereocenters. The van der Waals surface area contributed by atoms with E-state index in [-0.39, 0.29) is 42.2 Å². The Labute approximate surface area is 207 Å². The van der Waals surface area contributed by atoms with Gasteiger partial charge in [-0.2, -0.15) is 0 Å². The van der Waals surface area contributed by atoms with E-state index in [1.54, 1.807) is 6.92 Å². The number of benzene rings is 2. The van der Waals surface area contributed by atoms with Gasteiger partial charge in [-0.25, -0.2) is 18.4 Å². The predicted octanol–water partition coefficient (Wildman–Crippen LogP) is 1.26. The number of amides is 2. The highest BCUT2D eigenvalue weighted by Gasteiger charge is 2.27. The first-order valence-electron chi connectivity index (χ1n) is 10.6. The Balaban J connectivity index is 2.04. The molecule has 4 N–H and O–H groups in total. The van der Waals surface area contributed by atoms with Gasteiger partial charge >= 0.3 is 11.7 Å². The third-order valence-corrected chi connectivity index (χ3v) is 5.78. The Morgan fingerprint density at radius 3 is 2.28 bits per heavy atom. The van der Waals surface area contributed by atoms with E-state index in [2.05, 4.69) is 10.6 Å².